The van der Waals surface area contributed by atoms with Gasteiger partial charge in [0, 0.05) is 6.42 Å². The highest BCUT2D eigenvalue weighted by Crippen LogP contribution is 2.02. The summed E-state index contributed by atoms with van der Waals surface area (Å²) in [5, 5.41) is 0. The molecule has 0 unspecified atom stereocenters. The van der Waals surface area contributed by atoms with Crippen LogP contribution >= 0.6 is 0 Å². The van der Waals surface area contributed by atoms with Crippen molar-refractivity contribution in [3.05, 3.63) is 36.1 Å². The molecule has 0 saturated carbocycles. The number of methoxy groups -OCH3 is 1. The van der Waals surface area contributed by atoms with Crippen LogP contribution in [0, 0.1) is 0 Å². The van der Waals surface area contributed by atoms with Gasteiger partial charge in [-0.1, -0.05) is 31.2 Å². The van der Waals surface area contributed by atoms with Crippen LogP contribution in [0.4, 0.5) is 0 Å². The molecule has 12 heavy (non-hydrogen) atoms. The molecule has 0 saturated heterocycles. The second kappa shape index (κ2) is 8.12. The van der Waals surface area contributed by atoms with Crippen LogP contribution in [0.5, 0.6) is 0 Å². The molecule has 0 aromatic carbocycles. The third kappa shape index (κ3) is 5.78. The fourth-order valence-electron chi connectivity index (χ4n) is 0.796. The summed E-state index contributed by atoms with van der Waals surface area (Å²) in [5.41, 5.74) is 0. The molecule has 0 atom stereocenters. The number of hydrogen-bond acceptors (Lipinski definition) is 1. The van der Waals surface area contributed by atoms with Gasteiger partial charge in [0.2, 0.25) is 0 Å². The Kier molecular flexibility index (Phi) is 7.46. The van der Waals surface area contributed by atoms with E-state index in [1.54, 1.807) is 7.11 Å². The minimum Gasteiger partial charge on any atom is -0.501 e. The first-order chi connectivity index (χ1) is 5.85. The van der Waals surface area contributed by atoms with E-state index in [0.29, 0.717) is 0 Å². The quantitative estimate of drug-likeness (QED) is 0.449. The normalized spacial score (nSPS) is 13.1. The van der Waals surface area contributed by atoms with Crippen LogP contribution in [-0.4, -0.2) is 7.11 Å². The van der Waals surface area contributed by atoms with E-state index in [1.807, 2.05) is 19.1 Å². The molecule has 1 nitrogen and oxygen atoms in total. The van der Waals surface area contributed by atoms with Crippen molar-refractivity contribution in [1.29, 1.82) is 0 Å². The first-order valence-electron chi connectivity index (χ1n) is 4.36. The number of ether oxygens (including phenoxy) is 1. The van der Waals surface area contributed by atoms with Gasteiger partial charge in [-0.05, 0) is 19.4 Å². The highest BCUT2D eigenvalue weighted by atomic mass is 16.5. The van der Waals surface area contributed by atoms with Gasteiger partial charge in [-0.25, -0.2) is 0 Å². The third-order valence-electron chi connectivity index (χ3n) is 1.52. The Bertz CT molecular complexity index is 175. The molecule has 0 aromatic heterocycles. The van der Waals surface area contributed by atoms with Crippen LogP contribution < -0.4 is 0 Å². The molecule has 0 aliphatic heterocycles. The van der Waals surface area contributed by atoms with Crippen molar-refractivity contribution in [2.45, 2.75) is 26.7 Å². The minimum absolute atomic E-state index is 0.876. The molecule has 0 rings (SSSR count). The molecule has 0 heterocycles. The first-order valence-corrected chi connectivity index (χ1v) is 4.36. The molecule has 0 aromatic rings. The summed E-state index contributed by atoms with van der Waals surface area (Å²) in [6.45, 7) is 4.10. The lowest BCUT2D eigenvalue weighted by atomic mass is 10.3. The maximum Gasteiger partial charge on any atom is 0.0950 e. The smallest absolute Gasteiger partial charge is 0.0950 e. The number of rotatable bonds is 5. The van der Waals surface area contributed by atoms with E-state index >= 15 is 0 Å². The molecule has 1 heteroatoms. The van der Waals surface area contributed by atoms with E-state index in [1.165, 1.54) is 0 Å². The van der Waals surface area contributed by atoms with Crippen molar-refractivity contribution in [3.63, 3.8) is 0 Å². The van der Waals surface area contributed by atoms with Gasteiger partial charge in [-0.2, -0.15) is 0 Å². The number of allylic oxidation sites excluding steroid dienone is 5. The van der Waals surface area contributed by atoms with Gasteiger partial charge in [-0.3, -0.25) is 0 Å². The largest absolute Gasteiger partial charge is 0.501 e. The van der Waals surface area contributed by atoms with E-state index in [9.17, 15) is 0 Å². The number of hydrogen-bond donors (Lipinski definition) is 0. The fraction of sp³-hybridized carbons (Fsp3) is 0.455. The van der Waals surface area contributed by atoms with Gasteiger partial charge in [0.05, 0.1) is 12.9 Å². The van der Waals surface area contributed by atoms with E-state index in [2.05, 4.69) is 25.2 Å². The predicted octanol–water partition coefficient (Wildman–Crippen LogP) is 3.45. The minimum atomic E-state index is 0.876. The molecule has 0 radical (unpaired) electrons. The Morgan fingerprint density at radius 1 is 1.25 bits per heavy atom. The lowest BCUT2D eigenvalue weighted by Crippen LogP contribution is -1.82. The fourth-order valence-corrected chi connectivity index (χ4v) is 0.796. The van der Waals surface area contributed by atoms with Crippen molar-refractivity contribution in [2.24, 2.45) is 0 Å². The highest BCUT2D eigenvalue weighted by molar-refractivity contribution is 5.06. The molecule has 0 spiro atoms. The summed E-state index contributed by atoms with van der Waals surface area (Å²) in [4.78, 5) is 0. The van der Waals surface area contributed by atoms with Gasteiger partial charge in [-0.15, -0.1) is 0 Å². The zero-order valence-corrected chi connectivity index (χ0v) is 8.21. The average molecular weight is 166 g/mol. The summed E-state index contributed by atoms with van der Waals surface area (Å²) in [6.07, 6.45) is 12.3. The summed E-state index contributed by atoms with van der Waals surface area (Å²) in [6, 6.07) is 0. The van der Waals surface area contributed by atoms with E-state index < -0.39 is 0 Å². The third-order valence-corrected chi connectivity index (χ3v) is 1.52. The Hall–Kier alpha value is -0.980. The Balaban J connectivity index is 3.66. The zero-order valence-electron chi connectivity index (χ0n) is 8.21. The van der Waals surface area contributed by atoms with Crippen LogP contribution in [-0.2, 0) is 4.74 Å². The molecule has 68 valence electrons. The zero-order chi connectivity index (χ0) is 9.23. The van der Waals surface area contributed by atoms with Gasteiger partial charge in [0.15, 0.2) is 0 Å². The summed E-state index contributed by atoms with van der Waals surface area (Å²) in [7, 11) is 1.70. The summed E-state index contributed by atoms with van der Waals surface area (Å²) in [5.74, 6) is 1.01. The monoisotopic (exact) mass is 166 g/mol. The Morgan fingerprint density at radius 2 is 1.92 bits per heavy atom. The van der Waals surface area contributed by atoms with Crippen molar-refractivity contribution < 1.29 is 4.74 Å². The topological polar surface area (TPSA) is 9.23 Å². The summed E-state index contributed by atoms with van der Waals surface area (Å²) < 4.78 is 5.09. The van der Waals surface area contributed by atoms with Gasteiger partial charge < -0.3 is 4.74 Å². The second-order valence-corrected chi connectivity index (χ2v) is 2.43. The standard InChI is InChI=1S/C11H18O/c1-4-6-7-8-9-10-11(5-2)12-3/h5-9H,4,10H2,1-3H3. The van der Waals surface area contributed by atoms with E-state index in [4.69, 9.17) is 4.74 Å². The van der Waals surface area contributed by atoms with Gasteiger partial charge in [0.25, 0.3) is 0 Å². The van der Waals surface area contributed by atoms with Gasteiger partial charge in [0.1, 0.15) is 0 Å². The Morgan fingerprint density at radius 3 is 2.42 bits per heavy atom. The molecule has 0 N–H and O–H groups in total. The van der Waals surface area contributed by atoms with Crippen LogP contribution in [0.1, 0.15) is 26.7 Å². The van der Waals surface area contributed by atoms with E-state index in [-0.39, 0.29) is 0 Å². The van der Waals surface area contributed by atoms with E-state index in [0.717, 1.165) is 18.6 Å². The van der Waals surface area contributed by atoms with Crippen molar-refractivity contribution >= 4 is 0 Å². The SMILES string of the molecule is CC=C(CC=CC=CCC)OC. The molecular weight excluding hydrogens is 148 g/mol. The van der Waals surface area contributed by atoms with Gasteiger partial charge >= 0.3 is 0 Å². The lowest BCUT2D eigenvalue weighted by molar-refractivity contribution is 0.284. The first kappa shape index (κ1) is 11.0. The van der Waals surface area contributed by atoms with Crippen LogP contribution in [0.3, 0.4) is 0 Å². The molecule has 0 fully saturated rings. The maximum atomic E-state index is 5.09. The summed E-state index contributed by atoms with van der Waals surface area (Å²) >= 11 is 0. The molecule has 0 aliphatic carbocycles. The second-order valence-electron chi connectivity index (χ2n) is 2.43. The average Bonchev–Trinajstić information content (AvgIpc) is 2.11. The van der Waals surface area contributed by atoms with Crippen molar-refractivity contribution in [3.8, 4) is 0 Å². The maximum absolute atomic E-state index is 5.09. The highest BCUT2D eigenvalue weighted by Gasteiger charge is 1.86. The van der Waals surface area contributed by atoms with Crippen LogP contribution in [0.15, 0.2) is 36.1 Å². The lowest BCUT2D eigenvalue weighted by Gasteiger charge is -1.99. The van der Waals surface area contributed by atoms with Crippen molar-refractivity contribution in [1.82, 2.24) is 0 Å². The molecule has 0 bridgehead atoms. The predicted molar refractivity (Wildman–Crippen MR) is 54.0 cm³/mol. The van der Waals surface area contributed by atoms with Crippen LogP contribution in [0.25, 0.3) is 0 Å². The molecular formula is C11H18O. The van der Waals surface area contributed by atoms with Crippen LogP contribution in [0.2, 0.25) is 0 Å². The molecule has 0 amide bonds. The molecule has 0 aliphatic rings. The van der Waals surface area contributed by atoms with Crippen molar-refractivity contribution in [2.75, 3.05) is 7.11 Å². The Labute approximate surface area is 75.4 Å².